The molecule has 6 nitrogen and oxygen atoms in total. The van der Waals surface area contributed by atoms with Crippen LogP contribution in [-0.4, -0.2) is 30.3 Å². The van der Waals surface area contributed by atoms with E-state index in [0.29, 0.717) is 12.8 Å². The molecule has 0 amide bonds. The number of nitrogens with two attached hydrogens (primary N) is 1. The van der Waals surface area contributed by atoms with E-state index in [9.17, 15) is 5.11 Å². The smallest absolute Gasteiger partial charge is 0.165 e. The van der Waals surface area contributed by atoms with E-state index in [1.54, 1.807) is 0 Å². The predicted molar refractivity (Wildman–Crippen MR) is 134 cm³/mol. The van der Waals surface area contributed by atoms with Gasteiger partial charge in [0.15, 0.2) is 11.3 Å². The largest absolute Gasteiger partial charge is 0.390 e. The van der Waals surface area contributed by atoms with Crippen molar-refractivity contribution in [2.75, 3.05) is 0 Å². The number of benzene rings is 2. The van der Waals surface area contributed by atoms with Gasteiger partial charge >= 0.3 is 0 Å². The second-order valence-corrected chi connectivity index (χ2v) is 9.96. The van der Waals surface area contributed by atoms with Crippen LogP contribution in [0.1, 0.15) is 36.6 Å². The normalized spacial score (nSPS) is 22.3. The molecule has 0 atom stereocenters. The van der Waals surface area contributed by atoms with Gasteiger partial charge in [0.1, 0.15) is 0 Å². The Hall–Kier alpha value is -3.61. The second-order valence-electron chi connectivity index (χ2n) is 9.96. The maximum atomic E-state index is 10.2. The maximum absolute atomic E-state index is 10.2. The molecule has 1 fully saturated rings. The van der Waals surface area contributed by atoms with Crippen LogP contribution in [-0.2, 0) is 5.54 Å². The van der Waals surface area contributed by atoms with Crippen LogP contribution >= 0.6 is 0 Å². The average molecular weight is 450 g/mol. The van der Waals surface area contributed by atoms with Crippen molar-refractivity contribution < 1.29 is 5.11 Å². The van der Waals surface area contributed by atoms with Crippen molar-refractivity contribution in [3.63, 3.8) is 0 Å². The summed E-state index contributed by atoms with van der Waals surface area (Å²) >= 11 is 0. The third-order valence-corrected chi connectivity index (χ3v) is 7.00. The van der Waals surface area contributed by atoms with Gasteiger partial charge in [-0.3, -0.25) is 0 Å². The molecule has 6 heteroatoms. The average Bonchev–Trinajstić information content (AvgIpc) is 3.19. The first-order valence-corrected chi connectivity index (χ1v) is 11.6. The van der Waals surface area contributed by atoms with Gasteiger partial charge in [-0.05, 0) is 50.3 Å². The van der Waals surface area contributed by atoms with Gasteiger partial charge < -0.3 is 10.8 Å². The molecule has 0 aliphatic heterocycles. The Bertz CT molecular complexity index is 1540. The topological polar surface area (TPSA) is 89.3 Å². The van der Waals surface area contributed by atoms with Crippen LogP contribution in [0.3, 0.4) is 0 Å². The zero-order valence-electron chi connectivity index (χ0n) is 19.6. The van der Waals surface area contributed by atoms with Gasteiger partial charge in [-0.2, -0.15) is 9.61 Å². The van der Waals surface area contributed by atoms with Gasteiger partial charge in [-0.1, -0.05) is 54.6 Å². The summed E-state index contributed by atoms with van der Waals surface area (Å²) in [6, 6.07) is 20.6. The number of aliphatic hydroxyl groups is 1. The minimum atomic E-state index is -0.688. The highest BCUT2D eigenvalue weighted by Crippen LogP contribution is 2.46. The highest BCUT2D eigenvalue weighted by atomic mass is 16.3. The summed E-state index contributed by atoms with van der Waals surface area (Å²) < 4.78 is 1.83. The minimum absolute atomic E-state index is 0.485. The molecule has 3 aromatic heterocycles. The lowest BCUT2D eigenvalue weighted by Crippen LogP contribution is -2.58. The van der Waals surface area contributed by atoms with E-state index in [-0.39, 0.29) is 0 Å². The fraction of sp³-hybridized carbons (Fsp3) is 0.250. The van der Waals surface area contributed by atoms with Crippen molar-refractivity contribution >= 4 is 16.7 Å². The van der Waals surface area contributed by atoms with Gasteiger partial charge in [0.05, 0.1) is 17.0 Å². The zero-order chi connectivity index (χ0) is 23.7. The van der Waals surface area contributed by atoms with Crippen molar-refractivity contribution in [3.05, 3.63) is 83.7 Å². The zero-order valence-corrected chi connectivity index (χ0v) is 19.6. The fourth-order valence-corrected chi connectivity index (χ4v) is 5.52. The number of hydrogen-bond donors (Lipinski definition) is 2. The third kappa shape index (κ3) is 3.22. The number of rotatable bonds is 3. The fourth-order valence-electron chi connectivity index (χ4n) is 5.52. The van der Waals surface area contributed by atoms with E-state index < -0.39 is 11.1 Å². The molecule has 0 unspecified atom stereocenters. The van der Waals surface area contributed by atoms with E-state index in [1.807, 2.05) is 48.8 Å². The van der Waals surface area contributed by atoms with Crippen LogP contribution in [0.5, 0.6) is 0 Å². The van der Waals surface area contributed by atoms with E-state index >= 15 is 0 Å². The molecule has 34 heavy (non-hydrogen) atoms. The molecule has 6 rings (SSSR count). The quantitative estimate of drug-likeness (QED) is 0.408. The molecular formula is C28H27N5O. The van der Waals surface area contributed by atoms with Crippen LogP contribution in [0.4, 0.5) is 0 Å². The molecule has 2 aromatic carbocycles. The highest BCUT2D eigenvalue weighted by Gasteiger charge is 2.49. The SMILES string of the molecule is Cc1cc2ncc3c(C)c(-c4ccccc4)c(-c4ccc([C@]5(N)C[C@](C)(O)C5)cc4)nc3n2n1. The van der Waals surface area contributed by atoms with E-state index in [4.69, 9.17) is 10.7 Å². The Kier molecular flexibility index (Phi) is 4.43. The molecule has 0 spiro atoms. The Morgan fingerprint density at radius 2 is 1.68 bits per heavy atom. The molecule has 1 saturated carbocycles. The summed E-state index contributed by atoms with van der Waals surface area (Å²) in [5, 5.41) is 15.9. The Morgan fingerprint density at radius 1 is 0.971 bits per heavy atom. The Labute approximate surface area is 198 Å². The number of aryl methyl sites for hydroxylation is 2. The van der Waals surface area contributed by atoms with Crippen LogP contribution in [0.2, 0.25) is 0 Å². The standard InChI is InChI=1S/C28H27N5O/c1-17-13-23-30-14-22-18(2)24(19-7-5-4-6-8-19)25(31-26(22)33(23)32-17)20-9-11-21(12-10-20)28(29)15-27(3,34)16-28/h4-14,34H,15-16,29H2,1-3H3/t27-,28-. The van der Waals surface area contributed by atoms with Crippen molar-refractivity contribution in [2.24, 2.45) is 5.73 Å². The third-order valence-electron chi connectivity index (χ3n) is 7.00. The number of aromatic nitrogens is 4. The van der Waals surface area contributed by atoms with Gasteiger partial charge in [0, 0.05) is 34.3 Å². The van der Waals surface area contributed by atoms with E-state index in [1.165, 1.54) is 0 Å². The van der Waals surface area contributed by atoms with Crippen LogP contribution in [0.25, 0.3) is 39.1 Å². The molecule has 170 valence electrons. The Morgan fingerprint density at radius 3 is 2.35 bits per heavy atom. The second kappa shape index (κ2) is 7.19. The van der Waals surface area contributed by atoms with Gasteiger partial charge in [-0.15, -0.1) is 0 Å². The summed E-state index contributed by atoms with van der Waals surface area (Å²) in [5.74, 6) is 0. The lowest BCUT2D eigenvalue weighted by molar-refractivity contribution is -0.0738. The first-order chi connectivity index (χ1) is 16.2. The van der Waals surface area contributed by atoms with Crippen molar-refractivity contribution in [1.82, 2.24) is 19.6 Å². The van der Waals surface area contributed by atoms with Crippen LogP contribution in [0.15, 0.2) is 66.9 Å². The van der Waals surface area contributed by atoms with Crippen LogP contribution < -0.4 is 5.73 Å². The summed E-state index contributed by atoms with van der Waals surface area (Å²) in [6.07, 6.45) is 3.02. The van der Waals surface area contributed by atoms with Crippen molar-refractivity contribution in [3.8, 4) is 22.4 Å². The van der Waals surface area contributed by atoms with E-state index in [2.05, 4.69) is 53.4 Å². The molecule has 1 aliphatic rings. The molecule has 5 aromatic rings. The number of hydrogen-bond acceptors (Lipinski definition) is 5. The highest BCUT2D eigenvalue weighted by molar-refractivity contribution is 5.94. The summed E-state index contributed by atoms with van der Waals surface area (Å²) in [4.78, 5) is 9.78. The number of pyridine rings is 1. The molecule has 0 saturated heterocycles. The predicted octanol–water partition coefficient (Wildman–Crippen LogP) is 4.93. The molecule has 3 N–H and O–H groups in total. The maximum Gasteiger partial charge on any atom is 0.165 e. The van der Waals surface area contributed by atoms with Crippen molar-refractivity contribution in [1.29, 1.82) is 0 Å². The van der Waals surface area contributed by atoms with Gasteiger partial charge in [-0.25, -0.2) is 9.97 Å². The van der Waals surface area contributed by atoms with Crippen molar-refractivity contribution in [2.45, 2.75) is 44.8 Å². The summed E-state index contributed by atoms with van der Waals surface area (Å²) in [7, 11) is 0. The Balaban J connectivity index is 1.57. The molecule has 0 bridgehead atoms. The van der Waals surface area contributed by atoms with Gasteiger partial charge in [0.25, 0.3) is 0 Å². The lowest BCUT2D eigenvalue weighted by atomic mass is 9.63. The molecular weight excluding hydrogens is 422 g/mol. The molecule has 1 aliphatic carbocycles. The molecule has 0 radical (unpaired) electrons. The van der Waals surface area contributed by atoms with Crippen LogP contribution in [0, 0.1) is 13.8 Å². The molecule has 3 heterocycles. The van der Waals surface area contributed by atoms with Gasteiger partial charge in [0.2, 0.25) is 0 Å². The summed E-state index contributed by atoms with van der Waals surface area (Å²) in [6.45, 7) is 5.93. The first-order valence-electron chi connectivity index (χ1n) is 11.6. The lowest BCUT2D eigenvalue weighted by Gasteiger charge is -2.49. The number of fused-ring (bicyclic) bond motifs is 3. The first kappa shape index (κ1) is 21.0. The number of nitrogens with zero attached hydrogens (tertiary/aromatic N) is 4. The van der Waals surface area contributed by atoms with E-state index in [0.717, 1.165) is 55.9 Å². The summed E-state index contributed by atoms with van der Waals surface area (Å²) in [5.41, 5.74) is 14.1. The monoisotopic (exact) mass is 449 g/mol. The minimum Gasteiger partial charge on any atom is -0.390 e.